The van der Waals surface area contributed by atoms with E-state index in [9.17, 15) is 0 Å². The first-order chi connectivity index (χ1) is 9.72. The van der Waals surface area contributed by atoms with Gasteiger partial charge < -0.3 is 5.32 Å². The molecule has 0 unspecified atom stereocenters. The molecule has 0 radical (unpaired) electrons. The number of rotatable bonds is 2. The molecule has 0 saturated heterocycles. The van der Waals surface area contributed by atoms with E-state index in [1.807, 2.05) is 17.1 Å². The molecule has 1 aromatic carbocycles. The number of thiocarbonyl (C=S) groups is 1. The maximum Gasteiger partial charge on any atom is 0.189 e. The van der Waals surface area contributed by atoms with Crippen molar-refractivity contribution in [3.05, 3.63) is 34.3 Å². The first-order valence-corrected chi connectivity index (χ1v) is 8.34. The fraction of sp³-hybridized carbons (Fsp3) is 0.467. The topological polar surface area (TPSA) is 27.6 Å². The van der Waals surface area contributed by atoms with Gasteiger partial charge in [0.05, 0.1) is 5.71 Å². The van der Waals surface area contributed by atoms with Crippen LogP contribution in [0.25, 0.3) is 0 Å². The third-order valence-electron chi connectivity index (χ3n) is 3.88. The zero-order valence-electron chi connectivity index (χ0n) is 11.3. The molecule has 1 fully saturated rings. The summed E-state index contributed by atoms with van der Waals surface area (Å²) in [6, 6.07) is 8.83. The summed E-state index contributed by atoms with van der Waals surface area (Å²) in [5.74, 6) is 0. The van der Waals surface area contributed by atoms with Crippen LogP contribution in [0.1, 0.15) is 37.7 Å². The Balaban J connectivity index is 1.66. The van der Waals surface area contributed by atoms with Gasteiger partial charge in [0, 0.05) is 23.5 Å². The molecule has 0 aromatic heterocycles. The molecule has 1 heterocycles. The Labute approximate surface area is 133 Å². The SMILES string of the molecule is S=C(NC1CCCC1)N1CCC(c2cccc(Br)c2)=N1. The van der Waals surface area contributed by atoms with Crippen LogP contribution in [0.15, 0.2) is 33.8 Å². The highest BCUT2D eigenvalue weighted by atomic mass is 79.9. The van der Waals surface area contributed by atoms with Crippen molar-refractivity contribution in [3.63, 3.8) is 0 Å². The van der Waals surface area contributed by atoms with Gasteiger partial charge in [-0.05, 0) is 42.8 Å². The van der Waals surface area contributed by atoms with E-state index in [0.29, 0.717) is 6.04 Å². The average molecular weight is 352 g/mol. The summed E-state index contributed by atoms with van der Waals surface area (Å²) in [5, 5.41) is 10.8. The van der Waals surface area contributed by atoms with Crippen LogP contribution in [0.5, 0.6) is 0 Å². The average Bonchev–Trinajstić information content (AvgIpc) is 3.09. The molecule has 3 rings (SSSR count). The highest BCUT2D eigenvalue weighted by Gasteiger charge is 2.22. The molecule has 20 heavy (non-hydrogen) atoms. The van der Waals surface area contributed by atoms with Crippen molar-refractivity contribution >= 4 is 39.0 Å². The van der Waals surface area contributed by atoms with E-state index >= 15 is 0 Å². The second-order valence-electron chi connectivity index (χ2n) is 5.36. The fourth-order valence-electron chi connectivity index (χ4n) is 2.79. The normalized spacial score (nSPS) is 19.2. The molecule has 0 amide bonds. The highest BCUT2D eigenvalue weighted by molar-refractivity contribution is 9.10. The van der Waals surface area contributed by atoms with Gasteiger partial charge >= 0.3 is 0 Å². The summed E-state index contributed by atoms with van der Waals surface area (Å²) in [6.07, 6.45) is 6.04. The molecule has 0 bridgehead atoms. The summed E-state index contributed by atoms with van der Waals surface area (Å²) < 4.78 is 1.09. The quantitative estimate of drug-likeness (QED) is 0.823. The van der Waals surface area contributed by atoms with Gasteiger partial charge in [0.25, 0.3) is 0 Å². The predicted molar refractivity (Wildman–Crippen MR) is 90.0 cm³/mol. The molecule has 1 N–H and O–H groups in total. The zero-order valence-corrected chi connectivity index (χ0v) is 13.7. The number of benzene rings is 1. The van der Waals surface area contributed by atoms with Gasteiger partial charge in [0.2, 0.25) is 0 Å². The molecule has 1 aliphatic heterocycles. The molecule has 1 aromatic rings. The zero-order chi connectivity index (χ0) is 13.9. The minimum Gasteiger partial charge on any atom is -0.358 e. The van der Waals surface area contributed by atoms with E-state index in [0.717, 1.165) is 28.3 Å². The summed E-state index contributed by atoms with van der Waals surface area (Å²) >= 11 is 8.98. The minimum atomic E-state index is 0.549. The molecule has 106 valence electrons. The Bertz CT molecular complexity index is 538. The maximum atomic E-state index is 5.48. The van der Waals surface area contributed by atoms with Gasteiger partial charge in [-0.2, -0.15) is 5.10 Å². The van der Waals surface area contributed by atoms with Crippen molar-refractivity contribution in [2.75, 3.05) is 6.54 Å². The molecule has 2 aliphatic rings. The van der Waals surface area contributed by atoms with Crippen molar-refractivity contribution in [3.8, 4) is 0 Å². The first kappa shape index (κ1) is 14.0. The van der Waals surface area contributed by atoms with Crippen LogP contribution < -0.4 is 5.32 Å². The Morgan fingerprint density at radius 1 is 1.35 bits per heavy atom. The molecule has 1 aliphatic carbocycles. The Morgan fingerprint density at radius 3 is 2.90 bits per heavy atom. The van der Waals surface area contributed by atoms with E-state index in [1.54, 1.807) is 0 Å². The second-order valence-corrected chi connectivity index (χ2v) is 6.66. The number of hydrogen-bond donors (Lipinski definition) is 1. The van der Waals surface area contributed by atoms with Crippen LogP contribution in [0, 0.1) is 0 Å². The second kappa shape index (κ2) is 6.22. The van der Waals surface area contributed by atoms with E-state index in [4.69, 9.17) is 12.2 Å². The fourth-order valence-corrected chi connectivity index (χ4v) is 3.49. The maximum absolute atomic E-state index is 5.48. The van der Waals surface area contributed by atoms with Crippen LogP contribution in [-0.2, 0) is 0 Å². The number of halogens is 1. The number of nitrogens with zero attached hydrogens (tertiary/aromatic N) is 2. The van der Waals surface area contributed by atoms with Crippen LogP contribution >= 0.6 is 28.1 Å². The van der Waals surface area contributed by atoms with Gasteiger partial charge in [-0.15, -0.1) is 0 Å². The highest BCUT2D eigenvalue weighted by Crippen LogP contribution is 2.20. The van der Waals surface area contributed by atoms with Gasteiger partial charge in [0.1, 0.15) is 0 Å². The minimum absolute atomic E-state index is 0.549. The summed E-state index contributed by atoms with van der Waals surface area (Å²) in [7, 11) is 0. The molecule has 0 atom stereocenters. The van der Waals surface area contributed by atoms with Crippen molar-refractivity contribution in [2.45, 2.75) is 38.1 Å². The van der Waals surface area contributed by atoms with E-state index in [-0.39, 0.29) is 0 Å². The summed E-state index contributed by atoms with van der Waals surface area (Å²) in [6.45, 7) is 0.875. The molecule has 1 saturated carbocycles. The molecule has 5 heteroatoms. The number of hydrazone groups is 1. The molecular weight excluding hydrogens is 334 g/mol. The molecular formula is C15H18BrN3S. The number of nitrogens with one attached hydrogen (secondary N) is 1. The Hall–Kier alpha value is -0.940. The third-order valence-corrected chi connectivity index (χ3v) is 4.70. The van der Waals surface area contributed by atoms with Crippen LogP contribution in [0.4, 0.5) is 0 Å². The van der Waals surface area contributed by atoms with Crippen molar-refractivity contribution in [2.24, 2.45) is 5.10 Å². The Morgan fingerprint density at radius 2 is 2.15 bits per heavy atom. The standard InChI is InChI=1S/C15H18BrN3S/c16-12-5-3-4-11(10-12)14-8-9-19(18-14)15(20)17-13-6-1-2-7-13/h3-5,10,13H,1-2,6-9H2,(H,17,20). The lowest BCUT2D eigenvalue weighted by Gasteiger charge is -2.20. The van der Waals surface area contributed by atoms with E-state index in [1.165, 1.54) is 31.2 Å². The monoisotopic (exact) mass is 351 g/mol. The molecule has 0 spiro atoms. The van der Waals surface area contributed by atoms with Crippen molar-refractivity contribution in [1.29, 1.82) is 0 Å². The van der Waals surface area contributed by atoms with Crippen LogP contribution in [0.2, 0.25) is 0 Å². The van der Waals surface area contributed by atoms with Gasteiger partial charge in [0.15, 0.2) is 5.11 Å². The summed E-state index contributed by atoms with van der Waals surface area (Å²) in [4.78, 5) is 0. The Kier molecular flexibility index (Phi) is 4.36. The van der Waals surface area contributed by atoms with Crippen molar-refractivity contribution < 1.29 is 0 Å². The third kappa shape index (κ3) is 3.20. The van der Waals surface area contributed by atoms with Gasteiger partial charge in [-0.25, -0.2) is 5.01 Å². The van der Waals surface area contributed by atoms with Gasteiger partial charge in [-0.1, -0.05) is 40.9 Å². The number of hydrogen-bond acceptors (Lipinski definition) is 2. The smallest absolute Gasteiger partial charge is 0.189 e. The lowest BCUT2D eigenvalue weighted by molar-refractivity contribution is 0.463. The van der Waals surface area contributed by atoms with E-state index in [2.05, 4.69) is 38.5 Å². The van der Waals surface area contributed by atoms with Crippen molar-refractivity contribution in [1.82, 2.24) is 10.3 Å². The van der Waals surface area contributed by atoms with Crippen LogP contribution in [0.3, 0.4) is 0 Å². The first-order valence-electron chi connectivity index (χ1n) is 7.14. The van der Waals surface area contributed by atoms with E-state index < -0.39 is 0 Å². The van der Waals surface area contributed by atoms with Gasteiger partial charge in [-0.3, -0.25) is 0 Å². The molecule has 3 nitrogen and oxygen atoms in total. The van der Waals surface area contributed by atoms with Crippen LogP contribution in [-0.4, -0.2) is 28.4 Å². The largest absolute Gasteiger partial charge is 0.358 e. The lowest BCUT2D eigenvalue weighted by Crippen LogP contribution is -2.40. The predicted octanol–water partition coefficient (Wildman–Crippen LogP) is 3.68. The lowest BCUT2D eigenvalue weighted by atomic mass is 10.1. The summed E-state index contributed by atoms with van der Waals surface area (Å²) in [5.41, 5.74) is 2.28.